The molecule has 3 rings (SSSR count). The van der Waals surface area contributed by atoms with E-state index in [1.807, 2.05) is 60.7 Å². The normalized spacial score (nSPS) is 13.2. The van der Waals surface area contributed by atoms with E-state index in [1.54, 1.807) is 12.1 Å². The summed E-state index contributed by atoms with van der Waals surface area (Å²) in [6, 6.07) is 25.8. The maximum absolute atomic E-state index is 13.1. The van der Waals surface area contributed by atoms with Crippen molar-refractivity contribution in [2.45, 2.75) is 18.6 Å². The molecule has 0 spiro atoms. The second-order valence-corrected chi connectivity index (χ2v) is 5.78. The van der Waals surface area contributed by atoms with Crippen LogP contribution in [0.5, 0.6) is 0 Å². The molecule has 0 bridgehead atoms. The van der Waals surface area contributed by atoms with Crippen molar-refractivity contribution in [3.8, 4) is 0 Å². The van der Waals surface area contributed by atoms with Gasteiger partial charge in [0.2, 0.25) is 0 Å². The predicted molar refractivity (Wildman–Crippen MR) is 95.2 cm³/mol. The maximum atomic E-state index is 13.1. The van der Waals surface area contributed by atoms with Gasteiger partial charge in [-0.05, 0) is 35.4 Å². The zero-order valence-corrected chi connectivity index (χ0v) is 13.3. The molecule has 2 atom stereocenters. The van der Waals surface area contributed by atoms with Gasteiger partial charge in [0.15, 0.2) is 0 Å². The molecular formula is C21H20FNO. The Kier molecular flexibility index (Phi) is 5.24. The van der Waals surface area contributed by atoms with Gasteiger partial charge in [-0.25, -0.2) is 4.39 Å². The second-order valence-electron chi connectivity index (χ2n) is 5.78. The van der Waals surface area contributed by atoms with Gasteiger partial charge >= 0.3 is 0 Å². The molecule has 0 saturated heterocycles. The molecule has 0 heterocycles. The maximum Gasteiger partial charge on any atom is 0.123 e. The molecular weight excluding hydrogens is 301 g/mol. The third-order valence-electron chi connectivity index (χ3n) is 4.03. The van der Waals surface area contributed by atoms with Crippen LogP contribution < -0.4 is 5.32 Å². The molecule has 0 aromatic heterocycles. The first-order chi connectivity index (χ1) is 11.7. The lowest BCUT2D eigenvalue weighted by Gasteiger charge is -2.23. The Morgan fingerprint density at radius 3 is 1.88 bits per heavy atom. The topological polar surface area (TPSA) is 32.3 Å². The first-order valence-corrected chi connectivity index (χ1v) is 8.02. The quantitative estimate of drug-likeness (QED) is 0.662. The highest BCUT2D eigenvalue weighted by molar-refractivity contribution is 5.45. The zero-order chi connectivity index (χ0) is 16.8. The van der Waals surface area contributed by atoms with Crippen LogP contribution in [0.3, 0.4) is 0 Å². The van der Waals surface area contributed by atoms with Crippen molar-refractivity contribution in [2.24, 2.45) is 0 Å². The molecule has 0 saturated carbocycles. The monoisotopic (exact) mass is 321 g/mol. The van der Waals surface area contributed by atoms with Crippen LogP contribution in [-0.2, 0) is 0 Å². The highest BCUT2D eigenvalue weighted by atomic mass is 19.1. The number of benzene rings is 3. The highest BCUT2D eigenvalue weighted by Gasteiger charge is 2.17. The van der Waals surface area contributed by atoms with Crippen LogP contribution in [0, 0.1) is 5.82 Å². The van der Waals surface area contributed by atoms with Crippen LogP contribution in [0.15, 0.2) is 84.9 Å². The van der Waals surface area contributed by atoms with Crippen molar-refractivity contribution in [1.29, 1.82) is 0 Å². The van der Waals surface area contributed by atoms with E-state index >= 15 is 0 Å². The Labute approximate surface area is 141 Å². The minimum Gasteiger partial charge on any atom is -0.388 e. The number of hydrogen-bond donors (Lipinski definition) is 2. The van der Waals surface area contributed by atoms with E-state index in [-0.39, 0.29) is 11.9 Å². The van der Waals surface area contributed by atoms with E-state index in [2.05, 4.69) is 5.32 Å². The summed E-state index contributed by atoms with van der Waals surface area (Å²) in [5, 5.41) is 14.0. The highest BCUT2D eigenvalue weighted by Crippen LogP contribution is 2.29. The molecule has 0 amide bonds. The third kappa shape index (κ3) is 4.21. The number of halogens is 1. The Balaban J connectivity index is 1.81. The van der Waals surface area contributed by atoms with Crippen LogP contribution in [0.4, 0.5) is 10.1 Å². The van der Waals surface area contributed by atoms with Gasteiger partial charge in [0.25, 0.3) is 0 Å². The SMILES string of the molecule is OC(CC(Nc1ccc(F)cc1)c1ccccc1)c1ccccc1. The van der Waals surface area contributed by atoms with Crippen molar-refractivity contribution in [1.82, 2.24) is 0 Å². The summed E-state index contributed by atoms with van der Waals surface area (Å²) in [6.45, 7) is 0. The number of nitrogens with one attached hydrogen (secondary N) is 1. The van der Waals surface area contributed by atoms with E-state index in [0.717, 1.165) is 16.8 Å². The molecule has 0 aliphatic carbocycles. The van der Waals surface area contributed by atoms with Crippen molar-refractivity contribution in [3.63, 3.8) is 0 Å². The van der Waals surface area contributed by atoms with Crippen molar-refractivity contribution >= 4 is 5.69 Å². The predicted octanol–water partition coefficient (Wildman–Crippen LogP) is 5.10. The molecule has 2 nitrogen and oxygen atoms in total. The Morgan fingerprint density at radius 1 is 0.750 bits per heavy atom. The number of anilines is 1. The summed E-state index contributed by atoms with van der Waals surface area (Å²) >= 11 is 0. The molecule has 24 heavy (non-hydrogen) atoms. The fourth-order valence-corrected chi connectivity index (χ4v) is 2.75. The summed E-state index contributed by atoms with van der Waals surface area (Å²) in [7, 11) is 0. The lowest BCUT2D eigenvalue weighted by atomic mass is 9.96. The van der Waals surface area contributed by atoms with Crippen LogP contribution >= 0.6 is 0 Å². The molecule has 0 aliphatic rings. The van der Waals surface area contributed by atoms with Gasteiger partial charge in [-0.15, -0.1) is 0 Å². The minimum absolute atomic E-state index is 0.0770. The van der Waals surface area contributed by atoms with E-state index in [9.17, 15) is 9.50 Å². The van der Waals surface area contributed by atoms with E-state index < -0.39 is 6.10 Å². The molecule has 0 fully saturated rings. The van der Waals surface area contributed by atoms with Gasteiger partial charge in [0, 0.05) is 12.1 Å². The van der Waals surface area contributed by atoms with E-state index in [1.165, 1.54) is 12.1 Å². The molecule has 3 aromatic rings. The smallest absolute Gasteiger partial charge is 0.123 e. The largest absolute Gasteiger partial charge is 0.388 e. The second kappa shape index (κ2) is 7.75. The van der Waals surface area contributed by atoms with E-state index in [0.29, 0.717) is 6.42 Å². The summed E-state index contributed by atoms with van der Waals surface area (Å²) in [6.07, 6.45) is -0.0601. The summed E-state index contributed by atoms with van der Waals surface area (Å²) in [4.78, 5) is 0. The zero-order valence-electron chi connectivity index (χ0n) is 13.3. The van der Waals surface area contributed by atoms with Gasteiger partial charge in [0.1, 0.15) is 5.82 Å². The number of hydrogen-bond acceptors (Lipinski definition) is 2. The summed E-state index contributed by atoms with van der Waals surface area (Å²) < 4.78 is 13.1. The Morgan fingerprint density at radius 2 is 1.29 bits per heavy atom. The van der Waals surface area contributed by atoms with Gasteiger partial charge < -0.3 is 10.4 Å². The molecule has 3 heteroatoms. The van der Waals surface area contributed by atoms with Gasteiger partial charge in [0.05, 0.1) is 12.1 Å². The molecule has 0 aliphatic heterocycles. The number of aliphatic hydroxyl groups excluding tert-OH is 1. The standard InChI is InChI=1S/C21H20FNO/c22-18-11-13-19(14-12-18)23-20(16-7-3-1-4-8-16)15-21(24)17-9-5-2-6-10-17/h1-14,20-21,23-24H,15H2. The van der Waals surface area contributed by atoms with Crippen LogP contribution in [-0.4, -0.2) is 5.11 Å². The summed E-state index contributed by atoms with van der Waals surface area (Å²) in [5.41, 5.74) is 2.79. The van der Waals surface area contributed by atoms with Crippen LogP contribution in [0.1, 0.15) is 29.7 Å². The average Bonchev–Trinajstić information content (AvgIpc) is 2.64. The van der Waals surface area contributed by atoms with Crippen molar-refractivity contribution in [3.05, 3.63) is 102 Å². The third-order valence-corrected chi connectivity index (χ3v) is 4.03. The first kappa shape index (κ1) is 16.2. The number of rotatable bonds is 6. The fraction of sp³-hybridized carbons (Fsp3) is 0.143. The molecule has 3 aromatic carbocycles. The van der Waals surface area contributed by atoms with Crippen LogP contribution in [0.2, 0.25) is 0 Å². The van der Waals surface area contributed by atoms with E-state index in [4.69, 9.17) is 0 Å². The van der Waals surface area contributed by atoms with Crippen molar-refractivity contribution in [2.75, 3.05) is 5.32 Å². The average molecular weight is 321 g/mol. The minimum atomic E-state index is -0.579. The van der Waals surface area contributed by atoms with Crippen molar-refractivity contribution < 1.29 is 9.50 Å². The lowest BCUT2D eigenvalue weighted by Crippen LogP contribution is -2.14. The first-order valence-electron chi connectivity index (χ1n) is 8.02. The molecule has 122 valence electrons. The van der Waals surface area contributed by atoms with Gasteiger partial charge in [-0.2, -0.15) is 0 Å². The van der Waals surface area contributed by atoms with Gasteiger partial charge in [-0.3, -0.25) is 0 Å². The van der Waals surface area contributed by atoms with Gasteiger partial charge in [-0.1, -0.05) is 60.7 Å². The number of aliphatic hydroxyl groups is 1. The molecule has 0 radical (unpaired) electrons. The lowest BCUT2D eigenvalue weighted by molar-refractivity contribution is 0.160. The fourth-order valence-electron chi connectivity index (χ4n) is 2.75. The Hall–Kier alpha value is -2.65. The summed E-state index contributed by atoms with van der Waals surface area (Å²) in [5.74, 6) is -0.263. The molecule has 2 unspecified atom stereocenters. The van der Waals surface area contributed by atoms with Crippen LogP contribution in [0.25, 0.3) is 0 Å². The molecule has 2 N–H and O–H groups in total. The Bertz CT molecular complexity index is 744.